The lowest BCUT2D eigenvalue weighted by Gasteiger charge is -2.33. The van der Waals surface area contributed by atoms with Crippen LogP contribution in [0.25, 0.3) is 0 Å². The SMILES string of the molecule is CCN(CC)C(=O)C1CC(c2ccccc2)CCN1. The molecule has 1 heterocycles. The number of hydrogen-bond acceptors (Lipinski definition) is 2. The molecule has 2 atom stereocenters. The summed E-state index contributed by atoms with van der Waals surface area (Å²) in [5, 5.41) is 3.38. The van der Waals surface area contributed by atoms with E-state index >= 15 is 0 Å². The smallest absolute Gasteiger partial charge is 0.239 e. The summed E-state index contributed by atoms with van der Waals surface area (Å²) in [6.07, 6.45) is 2.03. The molecule has 1 fully saturated rings. The van der Waals surface area contributed by atoms with Gasteiger partial charge in [-0.15, -0.1) is 0 Å². The van der Waals surface area contributed by atoms with Gasteiger partial charge in [0.25, 0.3) is 0 Å². The Bertz CT molecular complexity index is 400. The lowest BCUT2D eigenvalue weighted by molar-refractivity contribution is -0.133. The highest BCUT2D eigenvalue weighted by Gasteiger charge is 2.29. The highest BCUT2D eigenvalue weighted by Crippen LogP contribution is 2.28. The van der Waals surface area contributed by atoms with E-state index in [1.807, 2.05) is 24.8 Å². The van der Waals surface area contributed by atoms with Gasteiger partial charge in [0.1, 0.15) is 0 Å². The van der Waals surface area contributed by atoms with Gasteiger partial charge in [-0.2, -0.15) is 0 Å². The lowest BCUT2D eigenvalue weighted by atomic mass is 9.86. The van der Waals surface area contributed by atoms with Crippen molar-refractivity contribution in [3.63, 3.8) is 0 Å². The zero-order chi connectivity index (χ0) is 13.7. The number of piperidine rings is 1. The van der Waals surface area contributed by atoms with Gasteiger partial charge >= 0.3 is 0 Å². The van der Waals surface area contributed by atoms with Crippen molar-refractivity contribution < 1.29 is 4.79 Å². The zero-order valence-electron chi connectivity index (χ0n) is 11.9. The average molecular weight is 260 g/mol. The van der Waals surface area contributed by atoms with Crippen LogP contribution in [0.2, 0.25) is 0 Å². The summed E-state index contributed by atoms with van der Waals surface area (Å²) in [5.74, 6) is 0.762. The Balaban J connectivity index is 2.03. The first-order chi connectivity index (χ1) is 9.26. The minimum Gasteiger partial charge on any atom is -0.342 e. The lowest BCUT2D eigenvalue weighted by Crippen LogP contribution is -2.49. The van der Waals surface area contributed by atoms with Crippen LogP contribution < -0.4 is 5.32 Å². The van der Waals surface area contributed by atoms with Gasteiger partial charge in [-0.05, 0) is 44.7 Å². The maximum atomic E-state index is 12.4. The molecule has 0 saturated carbocycles. The molecule has 1 N–H and O–H groups in total. The van der Waals surface area contributed by atoms with E-state index in [0.29, 0.717) is 5.92 Å². The highest BCUT2D eigenvalue weighted by atomic mass is 16.2. The molecule has 3 nitrogen and oxygen atoms in total. The minimum absolute atomic E-state index is 0.0149. The number of likely N-dealkylation sites (N-methyl/N-ethyl adjacent to an activating group) is 1. The summed E-state index contributed by atoms with van der Waals surface area (Å²) in [6, 6.07) is 10.5. The number of nitrogens with zero attached hydrogens (tertiary/aromatic N) is 1. The van der Waals surface area contributed by atoms with Gasteiger partial charge in [0, 0.05) is 13.1 Å². The number of hydrogen-bond donors (Lipinski definition) is 1. The van der Waals surface area contributed by atoms with Gasteiger partial charge < -0.3 is 10.2 Å². The predicted octanol–water partition coefficient (Wildman–Crippen LogP) is 2.39. The second kappa shape index (κ2) is 6.71. The number of nitrogens with one attached hydrogen (secondary N) is 1. The van der Waals surface area contributed by atoms with E-state index in [1.165, 1.54) is 5.56 Å². The Morgan fingerprint density at radius 2 is 1.95 bits per heavy atom. The van der Waals surface area contributed by atoms with Crippen LogP contribution in [-0.2, 0) is 4.79 Å². The Morgan fingerprint density at radius 1 is 1.26 bits per heavy atom. The van der Waals surface area contributed by atoms with Crippen molar-refractivity contribution in [1.82, 2.24) is 10.2 Å². The summed E-state index contributed by atoms with van der Waals surface area (Å²) < 4.78 is 0. The van der Waals surface area contributed by atoms with E-state index < -0.39 is 0 Å². The molecule has 19 heavy (non-hydrogen) atoms. The zero-order valence-corrected chi connectivity index (χ0v) is 11.9. The van der Waals surface area contributed by atoms with Crippen molar-refractivity contribution in [2.24, 2.45) is 0 Å². The molecule has 0 spiro atoms. The average Bonchev–Trinajstić information content (AvgIpc) is 2.49. The topological polar surface area (TPSA) is 32.3 Å². The van der Waals surface area contributed by atoms with Crippen LogP contribution in [0.3, 0.4) is 0 Å². The molecule has 0 aliphatic carbocycles. The summed E-state index contributed by atoms with van der Waals surface area (Å²) >= 11 is 0. The Hall–Kier alpha value is -1.35. The quantitative estimate of drug-likeness (QED) is 0.901. The normalized spacial score (nSPS) is 23.1. The summed E-state index contributed by atoms with van der Waals surface area (Å²) in [7, 11) is 0. The Morgan fingerprint density at radius 3 is 2.58 bits per heavy atom. The first kappa shape index (κ1) is 14.1. The minimum atomic E-state index is -0.0149. The molecule has 1 aliphatic rings. The van der Waals surface area contributed by atoms with Crippen molar-refractivity contribution >= 4 is 5.91 Å². The van der Waals surface area contributed by atoms with E-state index in [-0.39, 0.29) is 11.9 Å². The van der Waals surface area contributed by atoms with Crippen LogP contribution in [0.5, 0.6) is 0 Å². The number of benzene rings is 1. The van der Waals surface area contributed by atoms with Crippen LogP contribution in [-0.4, -0.2) is 36.5 Å². The largest absolute Gasteiger partial charge is 0.342 e. The monoisotopic (exact) mass is 260 g/mol. The molecule has 104 valence electrons. The summed E-state index contributed by atoms with van der Waals surface area (Å²) in [4.78, 5) is 14.3. The van der Waals surface area contributed by atoms with Crippen molar-refractivity contribution in [3.8, 4) is 0 Å². The molecule has 1 aromatic rings. The predicted molar refractivity (Wildman–Crippen MR) is 78.1 cm³/mol. The van der Waals surface area contributed by atoms with Crippen molar-refractivity contribution in [2.75, 3.05) is 19.6 Å². The van der Waals surface area contributed by atoms with Gasteiger partial charge in [0.2, 0.25) is 5.91 Å². The molecular weight excluding hydrogens is 236 g/mol. The molecule has 3 heteroatoms. The van der Waals surface area contributed by atoms with Crippen molar-refractivity contribution in [3.05, 3.63) is 35.9 Å². The van der Waals surface area contributed by atoms with Crippen molar-refractivity contribution in [2.45, 2.75) is 38.6 Å². The summed E-state index contributed by atoms with van der Waals surface area (Å²) in [6.45, 7) is 6.60. The molecule has 0 bridgehead atoms. The van der Waals surface area contributed by atoms with E-state index in [4.69, 9.17) is 0 Å². The van der Waals surface area contributed by atoms with E-state index in [2.05, 4.69) is 29.6 Å². The molecule has 2 rings (SSSR count). The second-order valence-corrected chi connectivity index (χ2v) is 5.15. The first-order valence-electron chi connectivity index (χ1n) is 7.33. The molecule has 1 saturated heterocycles. The van der Waals surface area contributed by atoms with Gasteiger partial charge in [-0.3, -0.25) is 4.79 Å². The van der Waals surface area contributed by atoms with Crippen LogP contribution in [0.15, 0.2) is 30.3 Å². The number of amides is 1. The Labute approximate surface area is 116 Å². The molecule has 0 aromatic heterocycles. The third-order valence-electron chi connectivity index (χ3n) is 4.05. The van der Waals surface area contributed by atoms with Gasteiger partial charge in [-0.1, -0.05) is 30.3 Å². The molecule has 1 amide bonds. The molecule has 0 radical (unpaired) electrons. The third-order valence-corrected chi connectivity index (χ3v) is 4.05. The Kier molecular flexibility index (Phi) is 4.97. The second-order valence-electron chi connectivity index (χ2n) is 5.15. The van der Waals surface area contributed by atoms with E-state index in [1.54, 1.807) is 0 Å². The van der Waals surface area contributed by atoms with Crippen LogP contribution in [0.4, 0.5) is 0 Å². The fourth-order valence-electron chi connectivity index (χ4n) is 2.89. The van der Waals surface area contributed by atoms with Gasteiger partial charge in [-0.25, -0.2) is 0 Å². The number of rotatable bonds is 4. The molecule has 1 aromatic carbocycles. The fraction of sp³-hybridized carbons (Fsp3) is 0.562. The standard InChI is InChI=1S/C16H24N2O/c1-3-18(4-2)16(19)15-12-14(10-11-17-15)13-8-6-5-7-9-13/h5-9,14-15,17H,3-4,10-12H2,1-2H3. The van der Waals surface area contributed by atoms with Crippen LogP contribution in [0.1, 0.15) is 38.2 Å². The van der Waals surface area contributed by atoms with Gasteiger partial charge in [0.15, 0.2) is 0 Å². The third kappa shape index (κ3) is 3.35. The molecule has 2 unspecified atom stereocenters. The summed E-state index contributed by atoms with van der Waals surface area (Å²) in [5.41, 5.74) is 1.36. The molecule has 1 aliphatic heterocycles. The van der Waals surface area contributed by atoms with Crippen LogP contribution >= 0.6 is 0 Å². The maximum absolute atomic E-state index is 12.4. The van der Waals surface area contributed by atoms with Crippen LogP contribution in [0, 0.1) is 0 Å². The van der Waals surface area contributed by atoms with E-state index in [0.717, 1.165) is 32.5 Å². The number of carbonyl (C=O) groups is 1. The number of carbonyl (C=O) groups excluding carboxylic acids is 1. The first-order valence-corrected chi connectivity index (χ1v) is 7.33. The fourth-order valence-corrected chi connectivity index (χ4v) is 2.89. The molecular formula is C16H24N2O. The van der Waals surface area contributed by atoms with Gasteiger partial charge in [0.05, 0.1) is 6.04 Å². The van der Waals surface area contributed by atoms with E-state index in [9.17, 15) is 4.79 Å². The highest BCUT2D eigenvalue weighted by molar-refractivity contribution is 5.82. The van der Waals surface area contributed by atoms with Crippen molar-refractivity contribution in [1.29, 1.82) is 0 Å². The maximum Gasteiger partial charge on any atom is 0.239 e.